The first kappa shape index (κ1) is 15.5. The Balaban J connectivity index is 1.59. The van der Waals surface area contributed by atoms with Gasteiger partial charge in [0.05, 0.1) is 35.3 Å². The first-order chi connectivity index (χ1) is 11.5. The molecule has 124 valence electrons. The lowest BCUT2D eigenvalue weighted by atomic mass is 10.2. The van der Waals surface area contributed by atoms with Gasteiger partial charge in [0, 0.05) is 11.8 Å². The van der Waals surface area contributed by atoms with Crippen LogP contribution in [0.5, 0.6) is 0 Å². The van der Waals surface area contributed by atoms with Gasteiger partial charge in [-0.25, -0.2) is 14.4 Å². The van der Waals surface area contributed by atoms with Crippen LogP contribution in [0.2, 0.25) is 5.02 Å². The van der Waals surface area contributed by atoms with Crippen molar-refractivity contribution in [3.63, 3.8) is 0 Å². The Kier molecular flexibility index (Phi) is 3.73. The Morgan fingerprint density at radius 2 is 2.25 bits per heavy atom. The minimum absolute atomic E-state index is 0.265. The summed E-state index contributed by atoms with van der Waals surface area (Å²) in [7, 11) is 0. The highest BCUT2D eigenvalue weighted by Crippen LogP contribution is 2.41. The van der Waals surface area contributed by atoms with Crippen LogP contribution >= 0.6 is 23.1 Å². The van der Waals surface area contributed by atoms with Gasteiger partial charge in [0.25, 0.3) is 0 Å². The molecular weight excluding hydrogens is 351 g/mol. The minimum Gasteiger partial charge on any atom is -0.314 e. The second kappa shape index (κ2) is 5.78. The molecule has 1 N–H and O–H groups in total. The Bertz CT molecular complexity index is 888. The normalized spacial score (nSPS) is 15.5. The summed E-state index contributed by atoms with van der Waals surface area (Å²) in [5.74, 6) is 0.426. The number of nitrogens with one attached hydrogen (secondary N) is 1. The van der Waals surface area contributed by atoms with Crippen molar-refractivity contribution in [3.05, 3.63) is 35.4 Å². The second-order valence-corrected chi connectivity index (χ2v) is 7.14. The highest BCUT2D eigenvalue weighted by Gasteiger charge is 2.43. The van der Waals surface area contributed by atoms with Crippen LogP contribution in [0.3, 0.4) is 0 Å². The molecule has 1 saturated carbocycles. The number of nitrogens with zero attached hydrogens (tertiary/aromatic N) is 5. The molecule has 3 aromatic heterocycles. The first-order valence-electron chi connectivity index (χ1n) is 7.45. The van der Waals surface area contributed by atoms with E-state index in [1.54, 1.807) is 17.1 Å². The molecule has 0 saturated heterocycles. The van der Waals surface area contributed by atoms with Gasteiger partial charge < -0.3 is 5.32 Å². The van der Waals surface area contributed by atoms with Crippen LogP contribution in [0.25, 0.3) is 11.3 Å². The molecule has 0 unspecified atom stereocenters. The van der Waals surface area contributed by atoms with Crippen LogP contribution in [0.15, 0.2) is 24.7 Å². The molecule has 0 radical (unpaired) electrons. The third-order valence-electron chi connectivity index (χ3n) is 3.75. The minimum atomic E-state index is -1.10. The van der Waals surface area contributed by atoms with Crippen molar-refractivity contribution in [2.24, 2.45) is 0 Å². The molecule has 0 atom stereocenters. The lowest BCUT2D eigenvalue weighted by Gasteiger charge is -2.05. The van der Waals surface area contributed by atoms with Crippen molar-refractivity contribution in [2.75, 3.05) is 5.32 Å². The van der Waals surface area contributed by atoms with E-state index in [1.165, 1.54) is 17.7 Å². The first-order valence-corrected chi connectivity index (χ1v) is 8.61. The maximum atomic E-state index is 13.9. The number of aryl methyl sites for hydroxylation is 1. The topological polar surface area (TPSA) is 68.5 Å². The van der Waals surface area contributed by atoms with E-state index in [2.05, 4.69) is 24.8 Å². The van der Waals surface area contributed by atoms with E-state index in [0.717, 1.165) is 16.3 Å². The lowest BCUT2D eigenvalue weighted by molar-refractivity contribution is 0.261. The highest BCUT2D eigenvalue weighted by molar-refractivity contribution is 7.10. The lowest BCUT2D eigenvalue weighted by Crippen LogP contribution is -2.12. The molecule has 24 heavy (non-hydrogen) atoms. The summed E-state index contributed by atoms with van der Waals surface area (Å²) in [5, 5.41) is 8.58. The van der Waals surface area contributed by atoms with E-state index in [9.17, 15) is 4.39 Å². The van der Waals surface area contributed by atoms with E-state index in [-0.39, 0.29) is 6.54 Å². The molecule has 4 rings (SSSR count). The zero-order valence-corrected chi connectivity index (χ0v) is 14.4. The highest BCUT2D eigenvalue weighted by atomic mass is 35.5. The van der Waals surface area contributed by atoms with Crippen LogP contribution in [-0.2, 0) is 6.54 Å². The molecule has 0 aliphatic heterocycles. The fourth-order valence-electron chi connectivity index (χ4n) is 2.32. The molecule has 0 bridgehead atoms. The largest absolute Gasteiger partial charge is 0.314 e. The number of aromatic nitrogens is 5. The Morgan fingerprint density at radius 1 is 1.42 bits per heavy atom. The Morgan fingerprint density at radius 3 is 2.96 bits per heavy atom. The summed E-state index contributed by atoms with van der Waals surface area (Å²) in [6, 6.07) is 1.91. The van der Waals surface area contributed by atoms with Crippen molar-refractivity contribution in [1.82, 2.24) is 24.1 Å². The van der Waals surface area contributed by atoms with Crippen LogP contribution in [0.4, 0.5) is 15.3 Å². The number of anilines is 2. The predicted octanol–water partition coefficient (Wildman–Crippen LogP) is 4.00. The van der Waals surface area contributed by atoms with Crippen molar-refractivity contribution < 1.29 is 4.39 Å². The van der Waals surface area contributed by atoms with Gasteiger partial charge in [-0.3, -0.25) is 4.68 Å². The molecule has 9 heteroatoms. The molecule has 1 aliphatic rings. The van der Waals surface area contributed by atoms with Gasteiger partial charge in [0.15, 0.2) is 0 Å². The summed E-state index contributed by atoms with van der Waals surface area (Å²) in [6.45, 7) is 2.18. The maximum Gasteiger partial charge on any atom is 0.228 e. The Hall–Kier alpha value is -2.06. The van der Waals surface area contributed by atoms with Crippen molar-refractivity contribution in [1.29, 1.82) is 0 Å². The predicted molar refractivity (Wildman–Crippen MR) is 91.5 cm³/mol. The summed E-state index contributed by atoms with van der Waals surface area (Å²) in [6.07, 6.45) is 6.13. The average Bonchev–Trinajstić information content (AvgIpc) is 2.94. The van der Waals surface area contributed by atoms with Gasteiger partial charge in [0.2, 0.25) is 5.95 Å². The number of alkyl halides is 1. The fourth-order valence-corrected chi connectivity index (χ4v) is 3.17. The van der Waals surface area contributed by atoms with Gasteiger partial charge in [0.1, 0.15) is 10.7 Å². The van der Waals surface area contributed by atoms with Crippen LogP contribution < -0.4 is 5.32 Å². The summed E-state index contributed by atoms with van der Waals surface area (Å²) in [5.41, 5.74) is 1.12. The molecule has 0 aromatic carbocycles. The molecular formula is C15H14ClFN6S. The van der Waals surface area contributed by atoms with E-state index in [1.807, 2.05) is 13.0 Å². The smallest absolute Gasteiger partial charge is 0.228 e. The van der Waals surface area contributed by atoms with Gasteiger partial charge in [-0.15, -0.1) is 0 Å². The molecule has 6 nitrogen and oxygen atoms in total. The molecule has 3 heterocycles. The number of rotatable bonds is 5. The second-order valence-electron chi connectivity index (χ2n) is 5.93. The van der Waals surface area contributed by atoms with Gasteiger partial charge in [-0.1, -0.05) is 11.6 Å². The van der Waals surface area contributed by atoms with E-state index >= 15 is 0 Å². The van der Waals surface area contributed by atoms with Crippen LogP contribution in [0, 0.1) is 6.92 Å². The quantitative estimate of drug-likeness (QED) is 0.741. The maximum absolute atomic E-state index is 13.9. The van der Waals surface area contributed by atoms with Crippen LogP contribution in [-0.4, -0.2) is 29.8 Å². The van der Waals surface area contributed by atoms with E-state index < -0.39 is 5.67 Å². The third-order valence-corrected chi connectivity index (χ3v) is 4.82. The molecule has 0 amide bonds. The van der Waals surface area contributed by atoms with Crippen molar-refractivity contribution in [2.45, 2.75) is 32.0 Å². The third kappa shape index (κ3) is 3.25. The van der Waals surface area contributed by atoms with Gasteiger partial charge >= 0.3 is 0 Å². The zero-order chi connectivity index (χ0) is 16.7. The number of halogens is 2. The Labute approximate surface area is 146 Å². The summed E-state index contributed by atoms with van der Waals surface area (Å²) in [4.78, 5) is 8.63. The summed E-state index contributed by atoms with van der Waals surface area (Å²) < 4.78 is 19.7. The van der Waals surface area contributed by atoms with Crippen molar-refractivity contribution >= 4 is 34.1 Å². The summed E-state index contributed by atoms with van der Waals surface area (Å²) >= 11 is 7.55. The molecule has 0 spiro atoms. The number of hydrogen-bond donors (Lipinski definition) is 1. The molecule has 1 aliphatic carbocycles. The monoisotopic (exact) mass is 364 g/mol. The average molecular weight is 365 g/mol. The molecule has 1 fully saturated rings. The van der Waals surface area contributed by atoms with Gasteiger partial charge in [-0.2, -0.15) is 9.47 Å². The fraction of sp³-hybridized carbons (Fsp3) is 0.333. The van der Waals surface area contributed by atoms with Crippen LogP contribution in [0.1, 0.15) is 18.5 Å². The van der Waals surface area contributed by atoms with Crippen molar-refractivity contribution in [3.8, 4) is 11.3 Å². The van der Waals surface area contributed by atoms with Gasteiger partial charge in [-0.05, 0) is 37.4 Å². The number of hydrogen-bond acceptors (Lipinski definition) is 6. The SMILES string of the molecule is Cc1cc(Nc2ncc(Cl)c(-c3cnn(CC4(F)CC4)c3)n2)sn1. The molecule has 3 aromatic rings. The van der Waals surface area contributed by atoms with E-state index in [4.69, 9.17) is 11.6 Å². The zero-order valence-electron chi connectivity index (χ0n) is 12.8. The standard InChI is InChI=1S/C15H14ClFN6S/c1-9-4-12(24-22-9)20-14-18-6-11(16)13(21-14)10-5-19-23(7-10)8-15(17)2-3-15/h4-7H,2-3,8H2,1H3,(H,18,20,21). The van der Waals surface area contributed by atoms with E-state index in [0.29, 0.717) is 29.5 Å².